The summed E-state index contributed by atoms with van der Waals surface area (Å²) in [7, 11) is 0. The van der Waals surface area contributed by atoms with Gasteiger partial charge in [-0.1, -0.05) is 13.8 Å². The Morgan fingerprint density at radius 2 is 2.06 bits per heavy atom. The van der Waals surface area contributed by atoms with Gasteiger partial charge < -0.3 is 15.7 Å². The van der Waals surface area contributed by atoms with Crippen LogP contribution in [0, 0.1) is 5.41 Å². The minimum Gasteiger partial charge on any atom is -0.388 e. The molecule has 16 heavy (non-hydrogen) atoms. The topological polar surface area (TPSA) is 61.4 Å². The zero-order valence-electron chi connectivity index (χ0n) is 10.6. The second kappa shape index (κ2) is 5.15. The Morgan fingerprint density at radius 1 is 1.50 bits per heavy atom. The van der Waals surface area contributed by atoms with E-state index in [4.69, 9.17) is 0 Å². The van der Waals surface area contributed by atoms with Crippen LogP contribution in [0.5, 0.6) is 0 Å². The fourth-order valence-electron chi connectivity index (χ4n) is 1.81. The molecule has 0 aromatic carbocycles. The van der Waals surface area contributed by atoms with E-state index in [1.54, 1.807) is 6.92 Å². The lowest BCUT2D eigenvalue weighted by Gasteiger charge is -2.33. The normalized spacial score (nSPS) is 23.5. The van der Waals surface area contributed by atoms with Crippen molar-refractivity contribution in [2.24, 2.45) is 5.41 Å². The van der Waals surface area contributed by atoms with Crippen molar-refractivity contribution in [2.45, 2.75) is 45.6 Å². The molecule has 1 rings (SSSR count). The first kappa shape index (κ1) is 13.5. The van der Waals surface area contributed by atoms with Crippen molar-refractivity contribution in [3.05, 3.63) is 0 Å². The SMILES string of the molecule is CCC(C)(O)CNC(=O)C1(C)CCNCC1. The van der Waals surface area contributed by atoms with E-state index in [-0.39, 0.29) is 11.3 Å². The number of hydrogen-bond donors (Lipinski definition) is 3. The van der Waals surface area contributed by atoms with Crippen LogP contribution >= 0.6 is 0 Å². The Bertz CT molecular complexity index is 245. The van der Waals surface area contributed by atoms with Crippen LogP contribution in [-0.4, -0.2) is 36.2 Å². The van der Waals surface area contributed by atoms with Gasteiger partial charge in [-0.2, -0.15) is 0 Å². The average molecular weight is 228 g/mol. The highest BCUT2D eigenvalue weighted by Gasteiger charge is 2.35. The van der Waals surface area contributed by atoms with Gasteiger partial charge in [0.25, 0.3) is 0 Å². The predicted molar refractivity (Wildman–Crippen MR) is 64.1 cm³/mol. The van der Waals surface area contributed by atoms with Crippen molar-refractivity contribution in [1.82, 2.24) is 10.6 Å². The summed E-state index contributed by atoms with van der Waals surface area (Å²) < 4.78 is 0. The molecule has 1 saturated heterocycles. The Morgan fingerprint density at radius 3 is 2.56 bits per heavy atom. The summed E-state index contributed by atoms with van der Waals surface area (Å²) in [5.41, 5.74) is -1.06. The molecule has 0 spiro atoms. The van der Waals surface area contributed by atoms with E-state index in [0.29, 0.717) is 13.0 Å². The lowest BCUT2D eigenvalue weighted by molar-refractivity contribution is -0.132. The lowest BCUT2D eigenvalue weighted by atomic mass is 9.80. The molecule has 0 radical (unpaired) electrons. The van der Waals surface area contributed by atoms with E-state index < -0.39 is 5.60 Å². The van der Waals surface area contributed by atoms with Crippen LogP contribution in [0.3, 0.4) is 0 Å². The maximum atomic E-state index is 12.0. The number of carbonyl (C=O) groups is 1. The lowest BCUT2D eigenvalue weighted by Crippen LogP contribution is -2.49. The highest BCUT2D eigenvalue weighted by atomic mass is 16.3. The third-order valence-corrected chi connectivity index (χ3v) is 3.65. The molecule has 0 saturated carbocycles. The quantitative estimate of drug-likeness (QED) is 0.662. The van der Waals surface area contributed by atoms with Crippen LogP contribution in [-0.2, 0) is 4.79 Å². The molecule has 4 heteroatoms. The van der Waals surface area contributed by atoms with Crippen LogP contribution in [0.15, 0.2) is 0 Å². The molecule has 1 amide bonds. The Hall–Kier alpha value is -0.610. The summed E-state index contributed by atoms with van der Waals surface area (Å²) in [6.07, 6.45) is 2.38. The summed E-state index contributed by atoms with van der Waals surface area (Å²) in [5.74, 6) is 0.0720. The number of aliphatic hydroxyl groups is 1. The number of nitrogens with one attached hydrogen (secondary N) is 2. The van der Waals surface area contributed by atoms with Crippen molar-refractivity contribution in [3.8, 4) is 0 Å². The molecule has 1 atom stereocenters. The van der Waals surface area contributed by atoms with Gasteiger partial charge in [-0.05, 0) is 39.3 Å². The zero-order valence-corrected chi connectivity index (χ0v) is 10.6. The number of amides is 1. The van der Waals surface area contributed by atoms with Crippen molar-refractivity contribution >= 4 is 5.91 Å². The van der Waals surface area contributed by atoms with Crippen LogP contribution in [0.2, 0.25) is 0 Å². The summed E-state index contributed by atoms with van der Waals surface area (Å²) >= 11 is 0. The molecule has 94 valence electrons. The van der Waals surface area contributed by atoms with Crippen molar-refractivity contribution in [1.29, 1.82) is 0 Å². The van der Waals surface area contributed by atoms with Gasteiger partial charge in [0.2, 0.25) is 5.91 Å². The van der Waals surface area contributed by atoms with Crippen LogP contribution in [0.1, 0.15) is 40.0 Å². The molecule has 0 bridgehead atoms. The summed E-state index contributed by atoms with van der Waals surface area (Å²) in [4.78, 5) is 12.0. The number of hydrogen-bond acceptors (Lipinski definition) is 3. The van der Waals surface area contributed by atoms with Gasteiger partial charge in [-0.25, -0.2) is 0 Å². The standard InChI is InChI=1S/C12H24N2O2/c1-4-12(3,16)9-14-10(15)11(2)5-7-13-8-6-11/h13,16H,4-9H2,1-3H3,(H,14,15). The number of carbonyl (C=O) groups excluding carboxylic acids is 1. The zero-order chi connectivity index (χ0) is 12.2. The molecule has 0 aromatic heterocycles. The highest BCUT2D eigenvalue weighted by Crippen LogP contribution is 2.28. The molecular weight excluding hydrogens is 204 g/mol. The fourth-order valence-corrected chi connectivity index (χ4v) is 1.81. The molecule has 3 N–H and O–H groups in total. The van der Waals surface area contributed by atoms with Gasteiger partial charge in [-0.15, -0.1) is 0 Å². The van der Waals surface area contributed by atoms with Gasteiger partial charge in [0.1, 0.15) is 0 Å². The minimum absolute atomic E-state index is 0.0720. The van der Waals surface area contributed by atoms with Crippen LogP contribution in [0.25, 0.3) is 0 Å². The highest BCUT2D eigenvalue weighted by molar-refractivity contribution is 5.82. The van der Waals surface area contributed by atoms with Gasteiger partial charge in [0, 0.05) is 12.0 Å². The molecule has 1 heterocycles. The molecule has 4 nitrogen and oxygen atoms in total. The number of piperidine rings is 1. The fraction of sp³-hybridized carbons (Fsp3) is 0.917. The van der Waals surface area contributed by atoms with E-state index in [1.165, 1.54) is 0 Å². The molecule has 1 aliphatic heterocycles. The summed E-state index contributed by atoms with van der Waals surface area (Å²) in [5, 5.41) is 15.9. The Kier molecular flexibility index (Phi) is 4.33. The maximum absolute atomic E-state index is 12.0. The average Bonchev–Trinajstić information content (AvgIpc) is 2.27. The van der Waals surface area contributed by atoms with Crippen LogP contribution in [0.4, 0.5) is 0 Å². The van der Waals surface area contributed by atoms with Gasteiger partial charge >= 0.3 is 0 Å². The maximum Gasteiger partial charge on any atom is 0.226 e. The first-order valence-corrected chi connectivity index (χ1v) is 6.11. The van der Waals surface area contributed by atoms with E-state index in [2.05, 4.69) is 10.6 Å². The number of rotatable bonds is 4. The Labute approximate surface area is 97.8 Å². The van der Waals surface area contributed by atoms with Gasteiger partial charge in [0.15, 0.2) is 0 Å². The molecule has 1 fully saturated rings. The molecule has 1 unspecified atom stereocenters. The summed E-state index contributed by atoms with van der Waals surface area (Å²) in [6.45, 7) is 7.80. The van der Waals surface area contributed by atoms with Crippen molar-refractivity contribution < 1.29 is 9.90 Å². The molecule has 1 aliphatic rings. The van der Waals surface area contributed by atoms with Gasteiger partial charge in [-0.3, -0.25) is 4.79 Å². The van der Waals surface area contributed by atoms with Crippen molar-refractivity contribution in [3.63, 3.8) is 0 Å². The third-order valence-electron chi connectivity index (χ3n) is 3.65. The Balaban J connectivity index is 2.45. The van der Waals surface area contributed by atoms with Gasteiger partial charge in [0.05, 0.1) is 5.60 Å². The smallest absolute Gasteiger partial charge is 0.226 e. The first-order chi connectivity index (χ1) is 7.40. The second-order valence-electron chi connectivity index (χ2n) is 5.34. The van der Waals surface area contributed by atoms with Crippen LogP contribution < -0.4 is 10.6 Å². The molecule has 0 aromatic rings. The molecular formula is C12H24N2O2. The minimum atomic E-state index is -0.793. The monoisotopic (exact) mass is 228 g/mol. The predicted octanol–water partition coefficient (Wildman–Crippen LogP) is 0.653. The van der Waals surface area contributed by atoms with E-state index in [0.717, 1.165) is 25.9 Å². The molecule has 0 aliphatic carbocycles. The summed E-state index contributed by atoms with van der Waals surface area (Å²) in [6, 6.07) is 0. The van der Waals surface area contributed by atoms with E-state index in [9.17, 15) is 9.90 Å². The van der Waals surface area contributed by atoms with E-state index >= 15 is 0 Å². The third kappa shape index (κ3) is 3.46. The first-order valence-electron chi connectivity index (χ1n) is 6.11. The second-order valence-corrected chi connectivity index (χ2v) is 5.34. The van der Waals surface area contributed by atoms with E-state index in [1.807, 2.05) is 13.8 Å². The largest absolute Gasteiger partial charge is 0.388 e. The van der Waals surface area contributed by atoms with Crippen molar-refractivity contribution in [2.75, 3.05) is 19.6 Å².